The van der Waals surface area contributed by atoms with Crippen molar-refractivity contribution in [1.82, 2.24) is 20.9 Å². The molecule has 49 heavy (non-hydrogen) atoms. The molecule has 0 saturated carbocycles. The smallest absolute Gasteiger partial charge is 0.312 e. The molecule has 7 N–H and O–H groups in total. The third kappa shape index (κ3) is 10.6. The highest BCUT2D eigenvalue weighted by molar-refractivity contribution is 5.97. The summed E-state index contributed by atoms with van der Waals surface area (Å²) in [5, 5.41) is 8.00. The number of likely N-dealkylation sites (tertiary alicyclic amines) is 1. The summed E-state index contributed by atoms with van der Waals surface area (Å²) < 4.78 is 9.76. The molecule has 1 aromatic rings. The van der Waals surface area contributed by atoms with Gasteiger partial charge in [0, 0.05) is 38.3 Å². The SMILES string of the molecule is COC(=O)CC[C@H](NC(=O)C1CO1)C(=O)N1CCCC[C@H]1C(=O)N[C@@H](CC1=CCc2ccccc21)C(=O)C[C@@H](CCCNC(N)=O)C(N)=O. The topological polar surface area (TPSA) is 233 Å². The lowest BCUT2D eigenvalue weighted by atomic mass is 9.89. The molecule has 4 rings (SSSR count). The lowest BCUT2D eigenvalue weighted by Gasteiger charge is -2.37. The van der Waals surface area contributed by atoms with E-state index in [1.807, 2.05) is 30.3 Å². The van der Waals surface area contributed by atoms with E-state index >= 15 is 0 Å². The largest absolute Gasteiger partial charge is 0.469 e. The zero-order valence-corrected chi connectivity index (χ0v) is 27.7. The monoisotopic (exact) mass is 682 g/mol. The van der Waals surface area contributed by atoms with Crippen LogP contribution in [0.25, 0.3) is 5.57 Å². The van der Waals surface area contributed by atoms with Crippen LogP contribution >= 0.6 is 0 Å². The molecule has 0 radical (unpaired) electrons. The first-order chi connectivity index (χ1) is 23.5. The number of Topliss-reactive ketones (excluding diaryl/α,β-unsaturated/α-hetero) is 1. The molecule has 2 aliphatic heterocycles. The van der Waals surface area contributed by atoms with Gasteiger partial charge in [-0.3, -0.25) is 28.8 Å². The van der Waals surface area contributed by atoms with Gasteiger partial charge in [-0.25, -0.2) is 4.79 Å². The van der Waals surface area contributed by atoms with Crippen LogP contribution < -0.4 is 27.4 Å². The Morgan fingerprint density at radius 1 is 1.00 bits per heavy atom. The molecule has 2 fully saturated rings. The maximum atomic E-state index is 14.0. The lowest BCUT2D eigenvalue weighted by Crippen LogP contribution is -2.59. The number of methoxy groups -OCH3 is 1. The number of carbonyl (C=O) groups is 7. The summed E-state index contributed by atoms with van der Waals surface area (Å²) in [4.78, 5) is 91.0. The molecule has 6 amide bonds. The molecule has 15 heteroatoms. The number of epoxide rings is 1. The summed E-state index contributed by atoms with van der Waals surface area (Å²) in [6.07, 6.45) is 3.96. The van der Waals surface area contributed by atoms with Crippen molar-refractivity contribution < 1.29 is 43.0 Å². The standard InChI is InChI=1S/C34H46N6O9/c1-48-29(42)14-13-24(38-32(45)28-19-49-28)33(46)40-16-5-4-10-26(40)31(44)39-25(17-21-12-11-20-7-2-3-9-23(20)21)27(41)18-22(30(35)43)8-6-15-37-34(36)47/h2-3,7,9,12,22,24-26,28H,4-6,8,10-11,13-19H2,1H3,(H2,35,43)(H,38,45)(H,39,44)(H3,36,37,47)/t22-,24+,25+,26+,28?/m1/s1. The molecule has 2 saturated heterocycles. The van der Waals surface area contributed by atoms with Gasteiger partial charge in [0.25, 0.3) is 5.91 Å². The Balaban J connectivity index is 1.52. The zero-order chi connectivity index (χ0) is 35.5. The molecule has 1 aliphatic carbocycles. The molecule has 0 spiro atoms. The van der Waals surface area contributed by atoms with Crippen LogP contribution in [0.5, 0.6) is 0 Å². The number of urea groups is 1. The second kappa shape index (κ2) is 17.6. The molecular weight excluding hydrogens is 636 g/mol. The number of rotatable bonds is 18. The molecule has 1 unspecified atom stereocenters. The second-order valence-electron chi connectivity index (χ2n) is 12.6. The highest BCUT2D eigenvalue weighted by Crippen LogP contribution is 2.31. The Bertz CT molecular complexity index is 1460. The van der Waals surface area contributed by atoms with Gasteiger partial charge in [-0.15, -0.1) is 0 Å². The van der Waals surface area contributed by atoms with Crippen LogP contribution in [0.4, 0.5) is 4.79 Å². The summed E-state index contributed by atoms with van der Waals surface area (Å²) in [7, 11) is 1.23. The van der Waals surface area contributed by atoms with Crippen LogP contribution in [0.1, 0.15) is 68.9 Å². The number of nitrogens with zero attached hydrogens (tertiary/aromatic N) is 1. The molecule has 2 heterocycles. The van der Waals surface area contributed by atoms with Gasteiger partial charge in [-0.05, 0) is 61.6 Å². The minimum absolute atomic E-state index is 0.0348. The number of hydrogen-bond acceptors (Lipinski definition) is 9. The Hall–Kier alpha value is -4.79. The summed E-state index contributed by atoms with van der Waals surface area (Å²) >= 11 is 0. The third-order valence-corrected chi connectivity index (χ3v) is 9.13. The molecule has 0 aromatic heterocycles. The lowest BCUT2D eigenvalue weighted by molar-refractivity contribution is -0.147. The molecule has 266 valence electrons. The van der Waals surface area contributed by atoms with Crippen LogP contribution in [0.2, 0.25) is 0 Å². The van der Waals surface area contributed by atoms with Crippen molar-refractivity contribution in [3.63, 3.8) is 0 Å². The van der Waals surface area contributed by atoms with Crippen LogP contribution in [-0.4, -0.2) is 97.3 Å². The van der Waals surface area contributed by atoms with E-state index in [9.17, 15) is 33.6 Å². The predicted octanol–water partition coefficient (Wildman–Crippen LogP) is 0.228. The van der Waals surface area contributed by atoms with Crippen molar-refractivity contribution in [2.75, 3.05) is 26.8 Å². The van der Waals surface area contributed by atoms with Gasteiger partial charge >= 0.3 is 12.0 Å². The zero-order valence-electron chi connectivity index (χ0n) is 27.7. The Morgan fingerprint density at radius 3 is 2.43 bits per heavy atom. The number of fused-ring (bicyclic) bond motifs is 1. The molecule has 3 aliphatic rings. The summed E-state index contributed by atoms with van der Waals surface area (Å²) in [5.74, 6) is -4.00. The minimum atomic E-state index is -1.10. The summed E-state index contributed by atoms with van der Waals surface area (Å²) in [5.41, 5.74) is 13.7. The maximum Gasteiger partial charge on any atom is 0.312 e. The number of piperidine rings is 1. The number of hydrogen-bond donors (Lipinski definition) is 5. The fourth-order valence-electron chi connectivity index (χ4n) is 6.33. The first-order valence-electron chi connectivity index (χ1n) is 16.7. The quantitative estimate of drug-likeness (QED) is 0.0809. The average Bonchev–Trinajstić information content (AvgIpc) is 3.87. The Kier molecular flexibility index (Phi) is 13.3. The van der Waals surface area contributed by atoms with E-state index < -0.39 is 71.6 Å². The molecule has 0 bridgehead atoms. The van der Waals surface area contributed by atoms with E-state index in [2.05, 4.69) is 16.0 Å². The van der Waals surface area contributed by atoms with Gasteiger partial charge < -0.3 is 41.8 Å². The summed E-state index contributed by atoms with van der Waals surface area (Å²) in [6, 6.07) is 4.00. The number of allylic oxidation sites excluding steroid dienone is 1. The third-order valence-electron chi connectivity index (χ3n) is 9.13. The van der Waals surface area contributed by atoms with Crippen LogP contribution in [0.15, 0.2) is 30.3 Å². The van der Waals surface area contributed by atoms with E-state index in [4.69, 9.17) is 20.9 Å². The first kappa shape index (κ1) is 37.0. The second-order valence-corrected chi connectivity index (χ2v) is 12.6. The number of nitrogens with two attached hydrogens (primary N) is 2. The minimum Gasteiger partial charge on any atom is -0.469 e. The fraction of sp³-hybridized carbons (Fsp3) is 0.559. The van der Waals surface area contributed by atoms with Gasteiger partial charge in [-0.1, -0.05) is 30.3 Å². The first-order valence-corrected chi connectivity index (χ1v) is 16.7. The van der Waals surface area contributed by atoms with Crippen molar-refractivity contribution in [1.29, 1.82) is 0 Å². The maximum absolute atomic E-state index is 14.0. The number of benzene rings is 1. The van der Waals surface area contributed by atoms with Crippen molar-refractivity contribution >= 4 is 47.0 Å². The van der Waals surface area contributed by atoms with Crippen molar-refractivity contribution in [2.45, 2.75) is 88.4 Å². The van der Waals surface area contributed by atoms with Crippen molar-refractivity contribution in [2.24, 2.45) is 17.4 Å². The number of nitrogens with one attached hydrogen (secondary N) is 3. The Morgan fingerprint density at radius 2 is 1.73 bits per heavy atom. The highest BCUT2D eigenvalue weighted by Gasteiger charge is 2.40. The van der Waals surface area contributed by atoms with Crippen molar-refractivity contribution in [3.05, 3.63) is 41.5 Å². The van der Waals surface area contributed by atoms with E-state index in [-0.39, 0.29) is 51.8 Å². The summed E-state index contributed by atoms with van der Waals surface area (Å²) in [6.45, 7) is 0.675. The van der Waals surface area contributed by atoms with Gasteiger partial charge in [0.1, 0.15) is 12.1 Å². The number of ether oxygens (including phenoxy) is 2. The van der Waals surface area contributed by atoms with Crippen LogP contribution in [-0.2, 0) is 44.7 Å². The fourth-order valence-corrected chi connectivity index (χ4v) is 6.33. The van der Waals surface area contributed by atoms with Gasteiger partial charge in [0.15, 0.2) is 11.9 Å². The molecule has 15 nitrogen and oxygen atoms in total. The van der Waals surface area contributed by atoms with E-state index in [0.717, 1.165) is 16.7 Å². The highest BCUT2D eigenvalue weighted by atomic mass is 16.6. The van der Waals surface area contributed by atoms with Gasteiger partial charge in [0.2, 0.25) is 17.7 Å². The number of esters is 1. The van der Waals surface area contributed by atoms with Gasteiger partial charge in [-0.2, -0.15) is 0 Å². The average molecular weight is 683 g/mol. The van der Waals surface area contributed by atoms with Crippen molar-refractivity contribution in [3.8, 4) is 0 Å². The number of primary amides is 2. The Labute approximate surface area is 284 Å². The number of ketones is 1. The molecular formula is C34H46N6O9. The van der Waals surface area contributed by atoms with Crippen LogP contribution in [0, 0.1) is 5.92 Å². The van der Waals surface area contributed by atoms with Crippen LogP contribution in [0.3, 0.4) is 0 Å². The number of carbonyl (C=O) groups excluding carboxylic acids is 7. The number of amides is 6. The van der Waals surface area contributed by atoms with Gasteiger partial charge in [0.05, 0.1) is 19.8 Å². The normalized spacial score (nSPS) is 19.7. The predicted molar refractivity (Wildman–Crippen MR) is 176 cm³/mol. The van der Waals surface area contributed by atoms with E-state index in [0.29, 0.717) is 32.1 Å². The van der Waals surface area contributed by atoms with E-state index in [1.54, 1.807) is 0 Å². The van der Waals surface area contributed by atoms with E-state index in [1.165, 1.54) is 12.0 Å². The molecule has 5 atom stereocenters. The molecule has 1 aromatic carbocycles.